The molecule has 124 valence electrons. The first kappa shape index (κ1) is 17.8. The molecule has 0 spiro atoms. The molecule has 0 unspecified atom stereocenters. The van der Waals surface area contributed by atoms with Gasteiger partial charge in [0.15, 0.2) is 0 Å². The molecule has 0 radical (unpaired) electrons. The second kappa shape index (κ2) is 8.89. The summed E-state index contributed by atoms with van der Waals surface area (Å²) in [6, 6.07) is 17.8. The van der Waals surface area contributed by atoms with Crippen molar-refractivity contribution in [1.29, 1.82) is 0 Å². The first-order valence-electron chi connectivity index (χ1n) is 7.75. The Kier molecular flexibility index (Phi) is 6.86. The number of nitrogens with one attached hydrogen (secondary N) is 1. The Morgan fingerprint density at radius 2 is 1.70 bits per heavy atom. The van der Waals surface area contributed by atoms with E-state index < -0.39 is 0 Å². The Hall–Kier alpha value is -1.59. The summed E-state index contributed by atoms with van der Waals surface area (Å²) in [4.78, 5) is 2.32. The SMILES string of the molecule is Cl.OC[C@H](c1cccc(Oc2ccccc2)c1)N1CCNCC1. The van der Waals surface area contributed by atoms with E-state index in [0.29, 0.717) is 0 Å². The van der Waals surface area contributed by atoms with E-state index in [2.05, 4.69) is 16.3 Å². The fourth-order valence-electron chi connectivity index (χ4n) is 2.84. The molecule has 1 fully saturated rings. The van der Waals surface area contributed by atoms with Crippen LogP contribution in [0, 0.1) is 0 Å². The number of hydrogen-bond donors (Lipinski definition) is 2. The van der Waals surface area contributed by atoms with Gasteiger partial charge in [0, 0.05) is 26.2 Å². The van der Waals surface area contributed by atoms with Crippen molar-refractivity contribution >= 4 is 12.4 Å². The van der Waals surface area contributed by atoms with E-state index >= 15 is 0 Å². The summed E-state index contributed by atoms with van der Waals surface area (Å²) >= 11 is 0. The summed E-state index contributed by atoms with van der Waals surface area (Å²) in [5.41, 5.74) is 1.10. The molecule has 5 heteroatoms. The van der Waals surface area contributed by atoms with Crippen LogP contribution in [0.4, 0.5) is 0 Å². The fraction of sp³-hybridized carbons (Fsp3) is 0.333. The predicted molar refractivity (Wildman–Crippen MR) is 94.5 cm³/mol. The number of rotatable bonds is 5. The Morgan fingerprint density at radius 3 is 2.39 bits per heavy atom. The molecule has 1 heterocycles. The van der Waals surface area contributed by atoms with Gasteiger partial charge in [-0.1, -0.05) is 30.3 Å². The maximum Gasteiger partial charge on any atom is 0.127 e. The molecular weight excluding hydrogens is 312 g/mol. The van der Waals surface area contributed by atoms with Crippen molar-refractivity contribution in [2.75, 3.05) is 32.8 Å². The highest BCUT2D eigenvalue weighted by Gasteiger charge is 2.21. The van der Waals surface area contributed by atoms with E-state index in [1.807, 2.05) is 48.5 Å². The van der Waals surface area contributed by atoms with E-state index in [1.54, 1.807) is 0 Å². The number of piperazine rings is 1. The molecule has 0 saturated carbocycles. The molecule has 3 rings (SSSR count). The zero-order chi connectivity index (χ0) is 15.2. The lowest BCUT2D eigenvalue weighted by molar-refractivity contribution is 0.110. The van der Waals surface area contributed by atoms with Crippen LogP contribution in [0.1, 0.15) is 11.6 Å². The van der Waals surface area contributed by atoms with Gasteiger partial charge in [0.2, 0.25) is 0 Å². The van der Waals surface area contributed by atoms with Crippen LogP contribution in [0.2, 0.25) is 0 Å². The monoisotopic (exact) mass is 334 g/mol. The van der Waals surface area contributed by atoms with Crippen molar-refractivity contribution in [3.63, 3.8) is 0 Å². The Labute approximate surface area is 143 Å². The third kappa shape index (κ3) is 4.69. The van der Waals surface area contributed by atoms with Gasteiger partial charge in [-0.3, -0.25) is 4.90 Å². The fourth-order valence-corrected chi connectivity index (χ4v) is 2.84. The van der Waals surface area contributed by atoms with Crippen LogP contribution in [0.15, 0.2) is 54.6 Å². The van der Waals surface area contributed by atoms with E-state index in [1.165, 1.54) is 0 Å². The van der Waals surface area contributed by atoms with Gasteiger partial charge in [0.05, 0.1) is 12.6 Å². The summed E-state index contributed by atoms with van der Waals surface area (Å²) in [5, 5.41) is 13.2. The Morgan fingerprint density at radius 1 is 1.00 bits per heavy atom. The van der Waals surface area contributed by atoms with E-state index in [0.717, 1.165) is 43.2 Å². The number of aliphatic hydroxyl groups excluding tert-OH is 1. The number of ether oxygens (including phenoxy) is 1. The highest BCUT2D eigenvalue weighted by atomic mass is 35.5. The predicted octanol–water partition coefficient (Wildman–Crippen LogP) is 2.84. The van der Waals surface area contributed by atoms with Gasteiger partial charge >= 0.3 is 0 Å². The van der Waals surface area contributed by atoms with Crippen molar-refractivity contribution < 1.29 is 9.84 Å². The van der Waals surface area contributed by atoms with Gasteiger partial charge in [-0.2, -0.15) is 0 Å². The van der Waals surface area contributed by atoms with Gasteiger partial charge in [-0.05, 0) is 29.8 Å². The van der Waals surface area contributed by atoms with Gasteiger partial charge < -0.3 is 15.2 Å². The maximum absolute atomic E-state index is 9.81. The van der Waals surface area contributed by atoms with Crippen LogP contribution in [0.5, 0.6) is 11.5 Å². The first-order chi connectivity index (χ1) is 10.9. The molecule has 23 heavy (non-hydrogen) atoms. The van der Waals surface area contributed by atoms with E-state index in [-0.39, 0.29) is 25.1 Å². The van der Waals surface area contributed by atoms with E-state index in [9.17, 15) is 5.11 Å². The average molecular weight is 335 g/mol. The van der Waals surface area contributed by atoms with Gasteiger partial charge in [0.25, 0.3) is 0 Å². The molecule has 1 saturated heterocycles. The average Bonchev–Trinajstić information content (AvgIpc) is 2.58. The standard InChI is InChI=1S/C18H22N2O2.ClH/c21-14-18(20-11-9-19-10-12-20)15-5-4-8-17(13-15)22-16-6-2-1-3-7-16;/h1-8,13,18-19,21H,9-12,14H2;1H/t18-;/m1./s1. The zero-order valence-corrected chi connectivity index (χ0v) is 13.8. The van der Waals surface area contributed by atoms with Gasteiger partial charge in [0.1, 0.15) is 11.5 Å². The topological polar surface area (TPSA) is 44.7 Å². The van der Waals surface area contributed by atoms with Gasteiger partial charge in [-0.15, -0.1) is 12.4 Å². The van der Waals surface area contributed by atoms with Crippen LogP contribution in [0.3, 0.4) is 0 Å². The quantitative estimate of drug-likeness (QED) is 0.882. The number of hydrogen-bond acceptors (Lipinski definition) is 4. The summed E-state index contributed by atoms with van der Waals surface area (Å²) in [6.45, 7) is 3.96. The lowest BCUT2D eigenvalue weighted by atomic mass is 10.0. The van der Waals surface area contributed by atoms with Crippen LogP contribution in [-0.4, -0.2) is 42.8 Å². The maximum atomic E-state index is 9.81. The molecule has 1 aliphatic heterocycles. The van der Waals surface area contributed by atoms with Crippen molar-refractivity contribution in [3.05, 3.63) is 60.2 Å². The minimum atomic E-state index is 0. The lowest BCUT2D eigenvalue weighted by Crippen LogP contribution is -2.46. The highest BCUT2D eigenvalue weighted by molar-refractivity contribution is 5.85. The van der Waals surface area contributed by atoms with Crippen LogP contribution in [-0.2, 0) is 0 Å². The molecule has 4 nitrogen and oxygen atoms in total. The summed E-state index contributed by atoms with van der Waals surface area (Å²) < 4.78 is 5.89. The number of halogens is 1. The molecule has 2 aromatic rings. The molecule has 0 aliphatic carbocycles. The van der Waals surface area contributed by atoms with E-state index in [4.69, 9.17) is 4.74 Å². The zero-order valence-electron chi connectivity index (χ0n) is 13.0. The van der Waals surface area contributed by atoms with Crippen molar-refractivity contribution in [2.24, 2.45) is 0 Å². The van der Waals surface area contributed by atoms with Crippen LogP contribution >= 0.6 is 12.4 Å². The Bertz CT molecular complexity index is 589. The van der Waals surface area contributed by atoms with Crippen LogP contribution < -0.4 is 10.1 Å². The molecule has 2 N–H and O–H groups in total. The van der Waals surface area contributed by atoms with Crippen LogP contribution in [0.25, 0.3) is 0 Å². The summed E-state index contributed by atoms with van der Waals surface area (Å²) in [7, 11) is 0. The Balaban J connectivity index is 0.00000192. The number of nitrogens with zero attached hydrogens (tertiary/aromatic N) is 1. The molecule has 0 amide bonds. The van der Waals surface area contributed by atoms with Crippen molar-refractivity contribution in [2.45, 2.75) is 6.04 Å². The van der Waals surface area contributed by atoms with Crippen molar-refractivity contribution in [1.82, 2.24) is 10.2 Å². The molecule has 0 aromatic heterocycles. The minimum Gasteiger partial charge on any atom is -0.457 e. The molecule has 0 bridgehead atoms. The van der Waals surface area contributed by atoms with Crippen molar-refractivity contribution in [3.8, 4) is 11.5 Å². The molecular formula is C18H23ClN2O2. The second-order valence-corrected chi connectivity index (χ2v) is 5.47. The summed E-state index contributed by atoms with van der Waals surface area (Å²) in [5.74, 6) is 1.62. The normalized spacial score (nSPS) is 16.4. The second-order valence-electron chi connectivity index (χ2n) is 5.47. The smallest absolute Gasteiger partial charge is 0.127 e. The lowest BCUT2D eigenvalue weighted by Gasteiger charge is -2.34. The molecule has 2 aromatic carbocycles. The largest absolute Gasteiger partial charge is 0.457 e. The summed E-state index contributed by atoms with van der Waals surface area (Å²) in [6.07, 6.45) is 0. The minimum absolute atomic E-state index is 0. The highest BCUT2D eigenvalue weighted by Crippen LogP contribution is 2.27. The number of aliphatic hydroxyl groups is 1. The molecule has 1 aliphatic rings. The number of para-hydroxylation sites is 1. The third-order valence-corrected chi connectivity index (χ3v) is 3.99. The first-order valence-corrected chi connectivity index (χ1v) is 7.75. The molecule has 1 atom stereocenters. The van der Waals surface area contributed by atoms with Gasteiger partial charge in [-0.25, -0.2) is 0 Å². The third-order valence-electron chi connectivity index (χ3n) is 3.99. The number of benzene rings is 2.